The van der Waals surface area contributed by atoms with Gasteiger partial charge in [-0.25, -0.2) is 9.37 Å². The first kappa shape index (κ1) is 25.3. The Labute approximate surface area is 202 Å². The normalized spacial score (nSPS) is 15.4. The number of hydrogen-bond donors (Lipinski definition) is 2. The summed E-state index contributed by atoms with van der Waals surface area (Å²) in [5.74, 6) is 1.53. The van der Waals surface area contributed by atoms with Gasteiger partial charge in [-0.05, 0) is 36.4 Å². The van der Waals surface area contributed by atoms with Crippen molar-refractivity contribution < 1.29 is 4.39 Å². The summed E-state index contributed by atoms with van der Waals surface area (Å²) >= 11 is 0. The Morgan fingerprint density at radius 3 is 2.48 bits per heavy atom. The fourth-order valence-corrected chi connectivity index (χ4v) is 3.47. The minimum atomic E-state index is -0.231. The van der Waals surface area contributed by atoms with Gasteiger partial charge in [0.2, 0.25) is 0 Å². The number of nitrogens with one attached hydrogen (secondary N) is 2. The molecule has 1 saturated heterocycles. The highest BCUT2D eigenvalue weighted by atomic mass is 127. The predicted molar refractivity (Wildman–Crippen MR) is 137 cm³/mol. The maximum atomic E-state index is 13.6. The first-order valence-electron chi connectivity index (χ1n) is 10.5. The molecule has 0 saturated carbocycles. The molecule has 8 heteroatoms. The van der Waals surface area contributed by atoms with Crippen LogP contribution in [-0.2, 0) is 12.0 Å². The molecule has 1 aromatic carbocycles. The minimum Gasteiger partial charge on any atom is -0.356 e. The van der Waals surface area contributed by atoms with E-state index in [2.05, 4.69) is 63.4 Å². The van der Waals surface area contributed by atoms with Crippen LogP contribution < -0.4 is 15.5 Å². The number of pyridine rings is 1. The van der Waals surface area contributed by atoms with E-state index in [9.17, 15) is 4.39 Å². The van der Waals surface area contributed by atoms with Crippen LogP contribution in [0.2, 0.25) is 0 Å². The standard InChI is InChI=1S/C23H33FN6.HI/c1-23(2,19-6-5-7-20(24)14-19)17-28-22(25-3)27-16-18-8-9-21(26-15-18)30-12-10-29(4)11-13-30;/h5-9,14-15H,10-13,16-17H2,1-4H3,(H2,25,27,28);1H. The van der Waals surface area contributed by atoms with E-state index in [1.54, 1.807) is 19.2 Å². The van der Waals surface area contributed by atoms with Crippen LogP contribution >= 0.6 is 24.0 Å². The van der Waals surface area contributed by atoms with Gasteiger partial charge in [-0.3, -0.25) is 4.99 Å². The van der Waals surface area contributed by atoms with E-state index in [4.69, 9.17) is 0 Å². The molecule has 2 aromatic rings. The van der Waals surface area contributed by atoms with Gasteiger partial charge < -0.3 is 20.4 Å². The molecule has 31 heavy (non-hydrogen) atoms. The Balaban J connectivity index is 0.00000341. The van der Waals surface area contributed by atoms with Gasteiger partial charge >= 0.3 is 0 Å². The van der Waals surface area contributed by atoms with Gasteiger partial charge in [-0.2, -0.15) is 0 Å². The number of rotatable bonds is 6. The van der Waals surface area contributed by atoms with Crippen molar-refractivity contribution in [3.8, 4) is 0 Å². The number of anilines is 1. The number of likely N-dealkylation sites (N-methyl/N-ethyl adjacent to an activating group) is 1. The summed E-state index contributed by atoms with van der Waals surface area (Å²) in [6.45, 7) is 9.61. The first-order valence-corrected chi connectivity index (χ1v) is 10.5. The van der Waals surface area contributed by atoms with E-state index in [-0.39, 0.29) is 35.2 Å². The van der Waals surface area contributed by atoms with Gasteiger partial charge in [0.25, 0.3) is 0 Å². The summed E-state index contributed by atoms with van der Waals surface area (Å²) < 4.78 is 13.6. The molecule has 3 rings (SSSR count). The second kappa shape index (κ2) is 11.6. The third-order valence-corrected chi connectivity index (χ3v) is 5.62. The number of piperazine rings is 1. The summed E-state index contributed by atoms with van der Waals surface area (Å²) in [6, 6.07) is 11.0. The van der Waals surface area contributed by atoms with E-state index in [0.717, 1.165) is 43.1 Å². The topological polar surface area (TPSA) is 55.8 Å². The van der Waals surface area contributed by atoms with Crippen molar-refractivity contribution >= 4 is 35.8 Å². The number of hydrogen-bond acceptors (Lipinski definition) is 4. The Morgan fingerprint density at radius 1 is 1.13 bits per heavy atom. The summed E-state index contributed by atoms with van der Waals surface area (Å²) in [5, 5.41) is 6.68. The molecule has 0 spiro atoms. The number of guanidine groups is 1. The lowest BCUT2D eigenvalue weighted by Crippen LogP contribution is -2.44. The second-order valence-electron chi connectivity index (χ2n) is 8.49. The van der Waals surface area contributed by atoms with Crippen LogP contribution in [0.5, 0.6) is 0 Å². The molecule has 2 heterocycles. The average molecular weight is 540 g/mol. The quantitative estimate of drug-likeness (QED) is 0.335. The Morgan fingerprint density at radius 2 is 1.87 bits per heavy atom. The van der Waals surface area contributed by atoms with Crippen LogP contribution in [0.15, 0.2) is 47.6 Å². The van der Waals surface area contributed by atoms with Gasteiger partial charge in [-0.1, -0.05) is 32.0 Å². The number of aromatic nitrogens is 1. The van der Waals surface area contributed by atoms with Crippen molar-refractivity contribution in [2.45, 2.75) is 25.8 Å². The van der Waals surface area contributed by atoms with Gasteiger partial charge in [0, 0.05) is 57.9 Å². The third kappa shape index (κ3) is 7.31. The van der Waals surface area contributed by atoms with E-state index in [1.807, 2.05) is 12.3 Å². The van der Waals surface area contributed by atoms with Crippen LogP contribution in [0.3, 0.4) is 0 Å². The van der Waals surface area contributed by atoms with Gasteiger partial charge in [0.1, 0.15) is 11.6 Å². The van der Waals surface area contributed by atoms with Crippen molar-refractivity contribution in [3.05, 3.63) is 59.5 Å². The largest absolute Gasteiger partial charge is 0.356 e. The van der Waals surface area contributed by atoms with Crippen molar-refractivity contribution in [3.63, 3.8) is 0 Å². The van der Waals surface area contributed by atoms with Crippen LogP contribution in [0.25, 0.3) is 0 Å². The molecule has 1 aromatic heterocycles. The zero-order valence-electron chi connectivity index (χ0n) is 18.9. The van der Waals surface area contributed by atoms with Crippen LogP contribution in [0, 0.1) is 5.82 Å². The zero-order valence-corrected chi connectivity index (χ0v) is 21.2. The molecule has 0 bridgehead atoms. The lowest BCUT2D eigenvalue weighted by Gasteiger charge is -2.33. The van der Waals surface area contributed by atoms with Crippen molar-refractivity contribution in [2.75, 3.05) is 51.7 Å². The van der Waals surface area contributed by atoms with Gasteiger partial charge in [-0.15, -0.1) is 24.0 Å². The molecule has 0 radical (unpaired) electrons. The lowest BCUT2D eigenvalue weighted by molar-refractivity contribution is 0.312. The van der Waals surface area contributed by atoms with Crippen molar-refractivity contribution in [1.29, 1.82) is 0 Å². The Hall–Kier alpha value is -1.94. The Kier molecular flexibility index (Phi) is 9.49. The summed E-state index contributed by atoms with van der Waals surface area (Å²) in [7, 11) is 3.90. The maximum Gasteiger partial charge on any atom is 0.191 e. The molecule has 1 fully saturated rings. The molecular formula is C23H34FIN6. The first-order chi connectivity index (χ1) is 14.4. The highest BCUT2D eigenvalue weighted by Crippen LogP contribution is 2.22. The molecule has 1 aliphatic rings. The molecule has 170 valence electrons. The van der Waals surface area contributed by atoms with Crippen molar-refractivity contribution in [1.82, 2.24) is 20.5 Å². The smallest absolute Gasteiger partial charge is 0.191 e. The molecule has 2 N–H and O–H groups in total. The van der Waals surface area contributed by atoms with Gasteiger partial charge in [0.15, 0.2) is 5.96 Å². The Bertz CT molecular complexity index is 847. The third-order valence-electron chi connectivity index (χ3n) is 5.62. The maximum absolute atomic E-state index is 13.6. The summed E-state index contributed by atoms with van der Waals surface area (Å²) in [4.78, 5) is 13.6. The van der Waals surface area contributed by atoms with E-state index >= 15 is 0 Å². The monoisotopic (exact) mass is 540 g/mol. The van der Waals surface area contributed by atoms with Crippen LogP contribution in [-0.4, -0.2) is 62.7 Å². The number of halogens is 2. The van der Waals surface area contributed by atoms with E-state index in [1.165, 1.54) is 6.07 Å². The lowest BCUT2D eigenvalue weighted by atomic mass is 9.84. The molecule has 0 atom stereocenters. The number of aliphatic imine (C=N–C) groups is 1. The van der Waals surface area contributed by atoms with E-state index < -0.39 is 0 Å². The molecule has 0 amide bonds. The SMILES string of the molecule is CN=C(NCc1ccc(N2CCN(C)CC2)nc1)NCC(C)(C)c1cccc(F)c1.I. The number of benzene rings is 1. The minimum absolute atomic E-state index is 0. The highest BCUT2D eigenvalue weighted by Gasteiger charge is 2.21. The fraction of sp³-hybridized carbons (Fsp3) is 0.478. The molecular weight excluding hydrogens is 506 g/mol. The second-order valence-corrected chi connectivity index (χ2v) is 8.49. The highest BCUT2D eigenvalue weighted by molar-refractivity contribution is 14.0. The van der Waals surface area contributed by atoms with E-state index in [0.29, 0.717) is 19.0 Å². The van der Waals surface area contributed by atoms with Gasteiger partial charge in [0.05, 0.1) is 0 Å². The number of nitrogens with zero attached hydrogens (tertiary/aromatic N) is 4. The summed E-state index contributed by atoms with van der Waals surface area (Å²) in [5.41, 5.74) is 1.82. The summed E-state index contributed by atoms with van der Waals surface area (Å²) in [6.07, 6.45) is 1.92. The molecule has 0 unspecified atom stereocenters. The van der Waals surface area contributed by atoms with Crippen molar-refractivity contribution in [2.24, 2.45) is 4.99 Å². The molecule has 6 nitrogen and oxygen atoms in total. The zero-order chi connectivity index (χ0) is 21.6. The fourth-order valence-electron chi connectivity index (χ4n) is 3.47. The molecule has 1 aliphatic heterocycles. The predicted octanol–water partition coefficient (Wildman–Crippen LogP) is 3.23. The van der Waals surface area contributed by atoms with Crippen LogP contribution in [0.4, 0.5) is 10.2 Å². The average Bonchev–Trinajstić information content (AvgIpc) is 2.75. The molecule has 0 aliphatic carbocycles. The van der Waals surface area contributed by atoms with Crippen LogP contribution in [0.1, 0.15) is 25.0 Å².